The van der Waals surface area contributed by atoms with Crippen LogP contribution in [-0.4, -0.2) is 62.8 Å². The number of aliphatic hydroxyl groups excluding tert-OH is 1. The number of imidazole rings is 1. The van der Waals surface area contributed by atoms with E-state index >= 15 is 0 Å². The fourth-order valence-electron chi connectivity index (χ4n) is 3.66. The first-order valence-electron chi connectivity index (χ1n) is 8.15. The molecule has 2 aliphatic carbocycles. The van der Waals surface area contributed by atoms with E-state index in [2.05, 4.69) is 23.6 Å². The number of ether oxygens (including phenoxy) is 1. The molecule has 0 aliphatic heterocycles. The number of nitrogens with zero attached hydrogens (tertiary/aromatic N) is 4. The molecular formula is C11H16N5O11P3. The molecule has 2 aromatic rings. The van der Waals surface area contributed by atoms with Gasteiger partial charge in [0.1, 0.15) is 18.2 Å². The number of phosphoric acid groups is 2. The quantitative estimate of drug-likeness (QED) is 0.252. The van der Waals surface area contributed by atoms with E-state index in [0.717, 1.165) is 0 Å². The van der Waals surface area contributed by atoms with Crippen molar-refractivity contribution < 1.29 is 51.7 Å². The van der Waals surface area contributed by atoms with Crippen molar-refractivity contribution in [1.82, 2.24) is 19.5 Å². The number of aromatic nitrogens is 4. The van der Waals surface area contributed by atoms with E-state index in [1.807, 2.05) is 0 Å². The van der Waals surface area contributed by atoms with Crippen molar-refractivity contribution in [3.05, 3.63) is 12.7 Å². The molecule has 2 saturated carbocycles. The van der Waals surface area contributed by atoms with Crippen LogP contribution in [-0.2, 0) is 27.1 Å². The molecule has 0 amide bonds. The molecule has 166 valence electrons. The maximum atomic E-state index is 11.9. The van der Waals surface area contributed by atoms with Gasteiger partial charge in [0.25, 0.3) is 0 Å². The van der Waals surface area contributed by atoms with Gasteiger partial charge >= 0.3 is 23.2 Å². The Labute approximate surface area is 167 Å². The lowest BCUT2D eigenvalue weighted by Gasteiger charge is -2.31. The lowest BCUT2D eigenvalue weighted by Crippen LogP contribution is -2.37. The van der Waals surface area contributed by atoms with Crippen molar-refractivity contribution in [2.24, 2.45) is 11.8 Å². The molecule has 2 aromatic heterocycles. The highest BCUT2D eigenvalue weighted by Crippen LogP contribution is 2.68. The number of anilines is 1. The number of hydrogen-bond acceptors (Lipinski definition) is 11. The summed E-state index contributed by atoms with van der Waals surface area (Å²) < 4.78 is 48.2. The van der Waals surface area contributed by atoms with Gasteiger partial charge in [-0.05, 0) is 0 Å². The standard InChI is InChI=1S/C11H16N5O11P3/c12-10-6-11(14-1-13-10)16(2-15-6)7-4-5(8(7)17)9(4)25-3-28(18,19)26-30(23,24)27-29(20,21)22/h1-2,4-5,7-9,17H,3H2,(H,18,19)(H,23,24)(H2,12,13,14)(H2,20,21,22)/t4?,5-,7+,8-,9-/m0/s1. The monoisotopic (exact) mass is 487 g/mol. The van der Waals surface area contributed by atoms with Crippen LogP contribution in [0, 0.1) is 11.8 Å². The summed E-state index contributed by atoms with van der Waals surface area (Å²) in [4.78, 5) is 47.9. The van der Waals surface area contributed by atoms with Crippen LogP contribution in [0.5, 0.6) is 0 Å². The van der Waals surface area contributed by atoms with Gasteiger partial charge < -0.3 is 39.7 Å². The zero-order valence-corrected chi connectivity index (χ0v) is 17.3. The third-order valence-electron chi connectivity index (χ3n) is 4.78. The SMILES string of the molecule is Nc1ncnc2c1ncn2[C@@H]1C2[C@@H]([C@@H]1O)[C@H]2OCP(=O)(O)OP(=O)(O)OP(=O)(O)O. The van der Waals surface area contributed by atoms with Gasteiger partial charge in [-0.1, -0.05) is 0 Å². The average molecular weight is 487 g/mol. The number of nitrogens with two attached hydrogens (primary N) is 1. The Kier molecular flexibility index (Phi) is 5.21. The second-order valence-electron chi connectivity index (χ2n) is 6.74. The topological polar surface area (TPSA) is 250 Å². The van der Waals surface area contributed by atoms with Crippen molar-refractivity contribution in [1.29, 1.82) is 0 Å². The smallest absolute Gasteiger partial charge is 0.391 e. The van der Waals surface area contributed by atoms with E-state index in [1.165, 1.54) is 12.7 Å². The summed E-state index contributed by atoms with van der Waals surface area (Å²) in [5.74, 6) is -0.461. The van der Waals surface area contributed by atoms with Crippen molar-refractivity contribution in [2.45, 2.75) is 18.2 Å². The average Bonchev–Trinajstić information content (AvgIpc) is 3.03. The molecule has 16 nitrogen and oxygen atoms in total. The predicted molar refractivity (Wildman–Crippen MR) is 95.4 cm³/mol. The Balaban J connectivity index is 1.40. The van der Waals surface area contributed by atoms with Crippen molar-refractivity contribution in [3.8, 4) is 0 Å². The molecule has 0 radical (unpaired) electrons. The second-order valence-corrected chi connectivity index (χ2v) is 11.5. The Morgan fingerprint density at radius 1 is 1.07 bits per heavy atom. The summed E-state index contributed by atoms with van der Waals surface area (Å²) in [7, 11) is -15.9. The maximum Gasteiger partial charge on any atom is 0.488 e. The number of fused-ring (bicyclic) bond motifs is 2. The van der Waals surface area contributed by atoms with Crippen LogP contribution in [0.4, 0.5) is 5.82 Å². The van der Waals surface area contributed by atoms with Gasteiger partial charge in [-0.25, -0.2) is 28.4 Å². The normalized spacial score (nSPS) is 32.1. The zero-order valence-electron chi connectivity index (χ0n) is 14.6. The first-order valence-corrected chi connectivity index (χ1v) is 12.9. The summed E-state index contributed by atoms with van der Waals surface area (Å²) in [5.41, 5.74) is 6.47. The molecule has 19 heteroatoms. The van der Waals surface area contributed by atoms with Crippen LogP contribution in [0.15, 0.2) is 12.7 Å². The van der Waals surface area contributed by atoms with Gasteiger partial charge in [0.15, 0.2) is 11.5 Å². The fraction of sp³-hybridized carbons (Fsp3) is 0.545. The summed E-state index contributed by atoms with van der Waals surface area (Å²) in [5, 5.41) is 10.4. The van der Waals surface area contributed by atoms with Crippen LogP contribution in [0.1, 0.15) is 6.04 Å². The highest BCUT2D eigenvalue weighted by Gasteiger charge is 2.71. The summed E-state index contributed by atoms with van der Waals surface area (Å²) in [6.07, 6.45) is 0.0437. The minimum absolute atomic E-state index is 0.164. The number of rotatable bonds is 8. The minimum atomic E-state index is -5.53. The van der Waals surface area contributed by atoms with Crippen LogP contribution in [0.25, 0.3) is 11.2 Å². The van der Waals surface area contributed by atoms with Gasteiger partial charge in [0.05, 0.1) is 24.6 Å². The van der Waals surface area contributed by atoms with Gasteiger partial charge in [0, 0.05) is 11.8 Å². The van der Waals surface area contributed by atoms with E-state index in [1.54, 1.807) is 4.57 Å². The third-order valence-corrected chi connectivity index (χ3v) is 8.78. The van der Waals surface area contributed by atoms with Crippen LogP contribution in [0.2, 0.25) is 0 Å². The molecule has 2 aliphatic rings. The number of hydrogen-bond donors (Lipinski definition) is 6. The number of aliphatic hydroxyl groups is 1. The zero-order chi connectivity index (χ0) is 22.1. The third kappa shape index (κ3) is 4.09. The first-order chi connectivity index (χ1) is 13.8. The molecule has 0 bridgehead atoms. The van der Waals surface area contributed by atoms with E-state index in [-0.39, 0.29) is 17.7 Å². The van der Waals surface area contributed by atoms with Gasteiger partial charge in [-0.15, -0.1) is 0 Å². The summed E-state index contributed by atoms with van der Waals surface area (Å²) in [6.45, 7) is 0. The summed E-state index contributed by atoms with van der Waals surface area (Å²) >= 11 is 0. The van der Waals surface area contributed by atoms with Crippen molar-refractivity contribution in [2.75, 3.05) is 12.1 Å². The van der Waals surface area contributed by atoms with Crippen LogP contribution < -0.4 is 5.73 Å². The molecule has 7 atom stereocenters. The Morgan fingerprint density at radius 2 is 1.77 bits per heavy atom. The van der Waals surface area contributed by atoms with E-state index in [4.69, 9.17) is 20.3 Å². The highest BCUT2D eigenvalue weighted by molar-refractivity contribution is 7.68. The summed E-state index contributed by atoms with van der Waals surface area (Å²) in [6, 6.07) is -0.500. The maximum absolute atomic E-state index is 11.9. The minimum Gasteiger partial charge on any atom is -0.391 e. The lowest BCUT2D eigenvalue weighted by molar-refractivity contribution is 0.0189. The first kappa shape index (κ1) is 21.9. The molecule has 3 unspecified atom stereocenters. The molecule has 0 saturated heterocycles. The molecule has 30 heavy (non-hydrogen) atoms. The Morgan fingerprint density at radius 3 is 2.43 bits per heavy atom. The van der Waals surface area contributed by atoms with Gasteiger partial charge in [-0.2, -0.15) is 4.31 Å². The lowest BCUT2D eigenvalue weighted by atomic mass is 9.89. The van der Waals surface area contributed by atoms with E-state index in [0.29, 0.717) is 11.2 Å². The van der Waals surface area contributed by atoms with E-state index in [9.17, 15) is 28.6 Å². The molecule has 0 aromatic carbocycles. The van der Waals surface area contributed by atoms with E-state index < -0.39 is 47.8 Å². The largest absolute Gasteiger partial charge is 0.488 e. The predicted octanol–water partition coefficient (Wildman–Crippen LogP) is -0.676. The Hall–Kier alpha value is -1.28. The van der Waals surface area contributed by atoms with Crippen molar-refractivity contribution in [3.63, 3.8) is 0 Å². The highest BCUT2D eigenvalue weighted by atomic mass is 31.3. The van der Waals surface area contributed by atoms with Gasteiger partial charge in [-0.3, -0.25) is 4.57 Å². The molecule has 7 N–H and O–H groups in total. The van der Waals surface area contributed by atoms with Crippen molar-refractivity contribution >= 4 is 40.2 Å². The number of nitrogen functional groups attached to an aromatic ring is 1. The van der Waals surface area contributed by atoms with Gasteiger partial charge in [0.2, 0.25) is 0 Å². The molecule has 0 spiro atoms. The molecular weight excluding hydrogens is 471 g/mol. The molecule has 2 fully saturated rings. The fourth-order valence-corrected chi connectivity index (χ4v) is 6.96. The Bertz CT molecular complexity index is 1140. The molecule has 4 rings (SSSR count). The van der Waals surface area contributed by atoms with Crippen LogP contribution >= 0.6 is 23.2 Å². The second kappa shape index (κ2) is 7.12. The van der Waals surface area contributed by atoms with Crippen LogP contribution in [0.3, 0.4) is 0 Å². The molecule has 2 heterocycles.